The average Bonchev–Trinajstić information content (AvgIpc) is 3.07. The Morgan fingerprint density at radius 3 is 2.78 bits per heavy atom. The van der Waals surface area contributed by atoms with Gasteiger partial charge in [0.05, 0.1) is 18.3 Å². The van der Waals surface area contributed by atoms with Crippen LogP contribution < -0.4 is 14.2 Å². The number of benzene rings is 2. The first-order chi connectivity index (χ1) is 11.3. The Morgan fingerprint density at radius 2 is 1.87 bits per heavy atom. The minimum Gasteiger partial charge on any atom is -0.496 e. The molecule has 0 bridgehead atoms. The third kappa shape index (κ3) is 2.59. The summed E-state index contributed by atoms with van der Waals surface area (Å²) in [6.45, 7) is 0.284. The summed E-state index contributed by atoms with van der Waals surface area (Å²) in [4.78, 5) is 4.65. The summed E-state index contributed by atoms with van der Waals surface area (Å²) in [5, 5.41) is 1.01. The van der Waals surface area contributed by atoms with Crippen LogP contribution in [0.1, 0.15) is 11.3 Å². The fourth-order valence-corrected chi connectivity index (χ4v) is 2.62. The Balaban J connectivity index is 1.69. The van der Waals surface area contributed by atoms with Gasteiger partial charge in [0.25, 0.3) is 0 Å². The first-order valence-electron chi connectivity index (χ1n) is 7.35. The fraction of sp³-hybridized carbons (Fsp3) is 0.105. The lowest BCUT2D eigenvalue weighted by Gasteiger charge is -2.06. The molecule has 1 aliphatic rings. The van der Waals surface area contributed by atoms with Crippen LogP contribution in [-0.2, 0) is 0 Å². The molecule has 1 aromatic heterocycles. The van der Waals surface area contributed by atoms with Crippen molar-refractivity contribution in [2.24, 2.45) is 0 Å². The van der Waals surface area contributed by atoms with Crippen LogP contribution in [0.2, 0.25) is 0 Å². The Morgan fingerprint density at radius 1 is 1.00 bits per heavy atom. The van der Waals surface area contributed by atoms with Crippen molar-refractivity contribution >= 4 is 23.1 Å². The summed E-state index contributed by atoms with van der Waals surface area (Å²) in [6.07, 6.45) is 3.96. The molecule has 2 heterocycles. The first kappa shape index (κ1) is 13.6. The van der Waals surface area contributed by atoms with E-state index in [1.807, 2.05) is 60.7 Å². The second-order valence-electron chi connectivity index (χ2n) is 5.21. The molecule has 114 valence electrons. The Labute approximate surface area is 133 Å². The number of para-hydroxylation sites is 1. The van der Waals surface area contributed by atoms with Gasteiger partial charge in [-0.2, -0.15) is 0 Å². The number of rotatable bonds is 3. The number of ether oxygens (including phenoxy) is 3. The molecular weight excluding hydrogens is 290 g/mol. The molecule has 4 nitrogen and oxygen atoms in total. The normalized spacial score (nSPS) is 12.9. The quantitative estimate of drug-likeness (QED) is 0.729. The van der Waals surface area contributed by atoms with Crippen molar-refractivity contribution in [2.75, 3.05) is 13.9 Å². The van der Waals surface area contributed by atoms with Gasteiger partial charge in [-0.25, -0.2) is 4.98 Å². The van der Waals surface area contributed by atoms with E-state index in [4.69, 9.17) is 14.2 Å². The summed E-state index contributed by atoms with van der Waals surface area (Å²) in [5.74, 6) is 2.38. The van der Waals surface area contributed by atoms with Gasteiger partial charge < -0.3 is 14.2 Å². The molecule has 4 rings (SSSR count). The maximum Gasteiger partial charge on any atom is 0.231 e. The number of nitrogens with zero attached hydrogens (tertiary/aromatic N) is 1. The predicted octanol–water partition coefficient (Wildman–Crippen LogP) is 4.14. The van der Waals surface area contributed by atoms with Crippen LogP contribution >= 0.6 is 0 Å². The molecule has 0 saturated carbocycles. The monoisotopic (exact) mass is 305 g/mol. The molecule has 0 fully saturated rings. The summed E-state index contributed by atoms with van der Waals surface area (Å²) >= 11 is 0. The van der Waals surface area contributed by atoms with Crippen molar-refractivity contribution < 1.29 is 14.2 Å². The van der Waals surface area contributed by atoms with Crippen LogP contribution in [0.15, 0.2) is 48.5 Å². The van der Waals surface area contributed by atoms with Gasteiger partial charge in [-0.3, -0.25) is 0 Å². The minimum atomic E-state index is 0.284. The zero-order valence-electron chi connectivity index (χ0n) is 12.7. The van der Waals surface area contributed by atoms with E-state index in [-0.39, 0.29) is 6.79 Å². The van der Waals surface area contributed by atoms with Crippen LogP contribution in [0.4, 0.5) is 0 Å². The molecule has 0 amide bonds. The lowest BCUT2D eigenvalue weighted by Crippen LogP contribution is -1.92. The van der Waals surface area contributed by atoms with Crippen molar-refractivity contribution in [2.45, 2.75) is 0 Å². The van der Waals surface area contributed by atoms with Gasteiger partial charge in [-0.05, 0) is 35.9 Å². The molecule has 0 saturated heterocycles. The third-order valence-electron chi connectivity index (χ3n) is 3.76. The van der Waals surface area contributed by atoms with Crippen LogP contribution in [0.25, 0.3) is 23.1 Å². The summed E-state index contributed by atoms with van der Waals surface area (Å²) in [5.41, 5.74) is 2.79. The molecule has 0 aliphatic carbocycles. The van der Waals surface area contributed by atoms with Gasteiger partial charge >= 0.3 is 0 Å². The average molecular weight is 305 g/mol. The van der Waals surface area contributed by atoms with Crippen molar-refractivity contribution in [3.8, 4) is 17.2 Å². The molecule has 2 aromatic carbocycles. The Hall–Kier alpha value is -3.01. The smallest absolute Gasteiger partial charge is 0.231 e. The SMILES string of the molecule is COc1cc(C=Cc2ccc3c(c2)OCO3)nc2ccccc12. The summed E-state index contributed by atoms with van der Waals surface area (Å²) in [7, 11) is 1.67. The topological polar surface area (TPSA) is 40.6 Å². The zero-order valence-corrected chi connectivity index (χ0v) is 12.7. The molecule has 0 unspecified atom stereocenters. The van der Waals surface area contributed by atoms with Gasteiger partial charge in [0, 0.05) is 11.5 Å². The van der Waals surface area contributed by atoms with Gasteiger partial charge in [0.15, 0.2) is 11.5 Å². The highest BCUT2D eigenvalue weighted by Crippen LogP contribution is 2.33. The van der Waals surface area contributed by atoms with Gasteiger partial charge in [-0.15, -0.1) is 0 Å². The highest BCUT2D eigenvalue weighted by atomic mass is 16.7. The first-order valence-corrected chi connectivity index (χ1v) is 7.35. The molecule has 23 heavy (non-hydrogen) atoms. The second-order valence-corrected chi connectivity index (χ2v) is 5.21. The molecule has 4 heteroatoms. The molecule has 0 radical (unpaired) electrons. The number of methoxy groups -OCH3 is 1. The molecule has 0 atom stereocenters. The molecular formula is C19H15NO3. The van der Waals surface area contributed by atoms with Crippen LogP contribution in [-0.4, -0.2) is 18.9 Å². The van der Waals surface area contributed by atoms with E-state index >= 15 is 0 Å². The molecule has 3 aromatic rings. The predicted molar refractivity (Wildman–Crippen MR) is 89.8 cm³/mol. The van der Waals surface area contributed by atoms with E-state index in [1.54, 1.807) is 7.11 Å². The summed E-state index contributed by atoms with van der Waals surface area (Å²) < 4.78 is 16.2. The highest BCUT2D eigenvalue weighted by molar-refractivity contribution is 5.87. The number of aromatic nitrogens is 1. The van der Waals surface area contributed by atoms with E-state index in [0.717, 1.165) is 39.4 Å². The summed E-state index contributed by atoms with van der Waals surface area (Å²) in [6, 6.07) is 15.7. The molecule has 0 N–H and O–H groups in total. The van der Waals surface area contributed by atoms with E-state index in [0.29, 0.717) is 0 Å². The molecule has 1 aliphatic heterocycles. The lowest BCUT2D eigenvalue weighted by atomic mass is 10.1. The second kappa shape index (κ2) is 5.65. The minimum absolute atomic E-state index is 0.284. The van der Waals surface area contributed by atoms with Crippen molar-refractivity contribution in [3.63, 3.8) is 0 Å². The van der Waals surface area contributed by atoms with Crippen molar-refractivity contribution in [1.82, 2.24) is 4.98 Å². The number of fused-ring (bicyclic) bond motifs is 2. The van der Waals surface area contributed by atoms with E-state index in [9.17, 15) is 0 Å². The van der Waals surface area contributed by atoms with Crippen molar-refractivity contribution in [1.29, 1.82) is 0 Å². The van der Waals surface area contributed by atoms with Crippen LogP contribution in [0.3, 0.4) is 0 Å². The van der Waals surface area contributed by atoms with E-state index in [1.165, 1.54) is 0 Å². The fourth-order valence-electron chi connectivity index (χ4n) is 2.62. The van der Waals surface area contributed by atoms with Gasteiger partial charge in [-0.1, -0.05) is 24.3 Å². The highest BCUT2D eigenvalue weighted by Gasteiger charge is 2.12. The zero-order chi connectivity index (χ0) is 15.6. The van der Waals surface area contributed by atoms with E-state index < -0.39 is 0 Å². The van der Waals surface area contributed by atoms with Crippen LogP contribution in [0.5, 0.6) is 17.2 Å². The number of pyridine rings is 1. The Kier molecular flexibility index (Phi) is 3.35. The number of hydrogen-bond donors (Lipinski definition) is 0. The van der Waals surface area contributed by atoms with E-state index in [2.05, 4.69) is 4.98 Å². The molecule has 0 spiro atoms. The van der Waals surface area contributed by atoms with Gasteiger partial charge in [0.2, 0.25) is 6.79 Å². The van der Waals surface area contributed by atoms with Crippen molar-refractivity contribution in [3.05, 3.63) is 59.8 Å². The lowest BCUT2D eigenvalue weighted by molar-refractivity contribution is 0.174. The number of hydrogen-bond acceptors (Lipinski definition) is 4. The maximum atomic E-state index is 5.47. The Bertz CT molecular complexity index is 902. The van der Waals surface area contributed by atoms with Crippen LogP contribution in [0, 0.1) is 0 Å². The van der Waals surface area contributed by atoms with Gasteiger partial charge in [0.1, 0.15) is 5.75 Å². The standard InChI is InChI=1S/C19H15NO3/c1-21-18-11-14(20-16-5-3-2-4-15(16)18)8-6-13-7-9-17-19(10-13)23-12-22-17/h2-11H,12H2,1H3. The largest absolute Gasteiger partial charge is 0.496 e. The maximum absolute atomic E-state index is 5.47. The third-order valence-corrected chi connectivity index (χ3v) is 3.76.